The third-order valence-electron chi connectivity index (χ3n) is 3.33. The average Bonchev–Trinajstić information content (AvgIpc) is 2.96. The molecular formula is C18H21IN2O4S. The smallest absolute Gasteiger partial charge is 0.244 e. The van der Waals surface area contributed by atoms with Crippen LogP contribution in [-0.4, -0.2) is 20.4 Å². The zero-order valence-corrected chi connectivity index (χ0v) is 17.5. The summed E-state index contributed by atoms with van der Waals surface area (Å²) in [7, 11) is -3.43. The SMILES string of the molecule is CC(C)NS(=O)(=O)Cc1ccccc1CNC(=O)/C=C/c1ccc(I)o1. The fourth-order valence-corrected chi connectivity index (χ4v) is 4.22. The van der Waals surface area contributed by atoms with Crippen molar-refractivity contribution in [3.8, 4) is 0 Å². The van der Waals surface area contributed by atoms with Gasteiger partial charge in [-0.3, -0.25) is 4.79 Å². The molecule has 0 bridgehead atoms. The minimum atomic E-state index is -3.43. The molecule has 0 atom stereocenters. The van der Waals surface area contributed by atoms with Crippen molar-refractivity contribution >= 4 is 44.6 Å². The van der Waals surface area contributed by atoms with Gasteiger partial charge in [-0.25, -0.2) is 13.1 Å². The van der Waals surface area contributed by atoms with E-state index in [0.29, 0.717) is 11.3 Å². The summed E-state index contributed by atoms with van der Waals surface area (Å²) in [5, 5.41) is 2.76. The summed E-state index contributed by atoms with van der Waals surface area (Å²) in [6.45, 7) is 3.79. The summed E-state index contributed by atoms with van der Waals surface area (Å²) in [6.07, 6.45) is 2.97. The lowest BCUT2D eigenvalue weighted by Crippen LogP contribution is -2.31. The van der Waals surface area contributed by atoms with E-state index in [2.05, 4.69) is 10.0 Å². The Bertz CT molecular complexity index is 888. The molecule has 1 aromatic carbocycles. The Kier molecular flexibility index (Phi) is 7.42. The van der Waals surface area contributed by atoms with Crippen LogP contribution in [0.3, 0.4) is 0 Å². The number of nitrogens with one attached hydrogen (secondary N) is 2. The van der Waals surface area contributed by atoms with Gasteiger partial charge in [0.25, 0.3) is 0 Å². The first-order valence-electron chi connectivity index (χ1n) is 8.03. The van der Waals surface area contributed by atoms with Crippen molar-refractivity contribution in [2.24, 2.45) is 0 Å². The number of benzene rings is 1. The normalized spacial score (nSPS) is 12.0. The van der Waals surface area contributed by atoms with E-state index < -0.39 is 10.0 Å². The first-order chi connectivity index (χ1) is 12.2. The topological polar surface area (TPSA) is 88.4 Å². The van der Waals surface area contributed by atoms with Gasteiger partial charge in [-0.15, -0.1) is 0 Å². The predicted molar refractivity (Wildman–Crippen MR) is 110 cm³/mol. The van der Waals surface area contributed by atoms with Gasteiger partial charge in [0, 0.05) is 18.7 Å². The van der Waals surface area contributed by atoms with Gasteiger partial charge in [0.2, 0.25) is 15.9 Å². The standard InChI is InChI=1S/C18H21IN2O4S/c1-13(2)21-26(23,24)12-15-6-4-3-5-14(15)11-20-18(22)10-8-16-7-9-17(19)25-16/h3-10,13,21H,11-12H2,1-2H3,(H,20,22)/b10-8+. The monoisotopic (exact) mass is 488 g/mol. The molecule has 26 heavy (non-hydrogen) atoms. The Morgan fingerprint density at radius 1 is 1.19 bits per heavy atom. The van der Waals surface area contributed by atoms with E-state index in [1.165, 1.54) is 6.08 Å². The van der Waals surface area contributed by atoms with E-state index in [4.69, 9.17) is 4.42 Å². The van der Waals surface area contributed by atoms with Crippen molar-refractivity contribution in [3.63, 3.8) is 0 Å². The average molecular weight is 488 g/mol. The van der Waals surface area contributed by atoms with Crippen molar-refractivity contribution in [2.45, 2.75) is 32.2 Å². The molecule has 1 amide bonds. The molecule has 0 aliphatic carbocycles. The first-order valence-corrected chi connectivity index (χ1v) is 10.8. The van der Waals surface area contributed by atoms with Crippen molar-refractivity contribution in [2.75, 3.05) is 0 Å². The molecule has 1 heterocycles. The molecule has 8 heteroatoms. The molecule has 0 saturated carbocycles. The summed E-state index contributed by atoms with van der Waals surface area (Å²) in [6, 6.07) is 10.6. The van der Waals surface area contributed by atoms with E-state index in [-0.39, 0.29) is 24.2 Å². The highest BCUT2D eigenvalue weighted by molar-refractivity contribution is 14.1. The maximum atomic E-state index is 12.1. The molecule has 0 aliphatic heterocycles. The van der Waals surface area contributed by atoms with Crippen molar-refractivity contribution in [1.29, 1.82) is 0 Å². The Labute approximate surface area is 167 Å². The number of hydrogen-bond acceptors (Lipinski definition) is 4. The molecule has 0 radical (unpaired) electrons. The summed E-state index contributed by atoms with van der Waals surface area (Å²) in [5.74, 6) is 0.183. The van der Waals surface area contributed by atoms with Crippen LogP contribution in [0.4, 0.5) is 0 Å². The quantitative estimate of drug-likeness (QED) is 0.442. The van der Waals surface area contributed by atoms with E-state index in [1.807, 2.05) is 28.7 Å². The Hall–Kier alpha value is -1.65. The molecule has 1 aromatic heterocycles. The van der Waals surface area contributed by atoms with Gasteiger partial charge < -0.3 is 9.73 Å². The van der Waals surface area contributed by atoms with Crippen LogP contribution in [0.25, 0.3) is 6.08 Å². The minimum absolute atomic E-state index is 0.127. The van der Waals surface area contributed by atoms with E-state index in [1.54, 1.807) is 50.3 Å². The second-order valence-electron chi connectivity index (χ2n) is 5.99. The molecular weight excluding hydrogens is 467 g/mol. The zero-order valence-electron chi connectivity index (χ0n) is 14.5. The van der Waals surface area contributed by atoms with Gasteiger partial charge in [-0.2, -0.15) is 0 Å². The molecule has 0 fully saturated rings. The number of furan rings is 1. The number of amides is 1. The first kappa shape index (κ1) is 20.7. The predicted octanol–water partition coefficient (Wildman–Crippen LogP) is 3.04. The maximum absolute atomic E-state index is 12.1. The van der Waals surface area contributed by atoms with E-state index in [0.717, 1.165) is 9.33 Å². The lowest BCUT2D eigenvalue weighted by Gasteiger charge is -2.13. The number of carbonyl (C=O) groups is 1. The highest BCUT2D eigenvalue weighted by Crippen LogP contribution is 2.13. The van der Waals surface area contributed by atoms with Crippen LogP contribution in [0.2, 0.25) is 0 Å². The highest BCUT2D eigenvalue weighted by atomic mass is 127. The van der Waals surface area contributed by atoms with Crippen LogP contribution >= 0.6 is 22.6 Å². The molecule has 2 rings (SSSR count). The number of sulfonamides is 1. The van der Waals surface area contributed by atoms with Crippen molar-refractivity contribution in [1.82, 2.24) is 10.0 Å². The Morgan fingerprint density at radius 3 is 2.50 bits per heavy atom. The molecule has 2 aromatic rings. The Balaban J connectivity index is 1.99. The van der Waals surface area contributed by atoms with Gasteiger partial charge in [0.05, 0.1) is 5.75 Å². The van der Waals surface area contributed by atoms with Crippen LogP contribution < -0.4 is 10.0 Å². The van der Waals surface area contributed by atoms with Gasteiger partial charge in [-0.05, 0) is 65.8 Å². The van der Waals surface area contributed by atoms with Crippen LogP contribution in [0.5, 0.6) is 0 Å². The summed E-state index contributed by atoms with van der Waals surface area (Å²) < 4.78 is 32.9. The molecule has 0 aliphatic rings. The molecule has 0 unspecified atom stereocenters. The number of hydrogen-bond donors (Lipinski definition) is 2. The third-order valence-corrected chi connectivity index (χ3v) is 5.43. The number of rotatable bonds is 8. The number of halogens is 1. The van der Waals surface area contributed by atoms with Crippen LogP contribution in [0.1, 0.15) is 30.7 Å². The Morgan fingerprint density at radius 2 is 1.88 bits per heavy atom. The molecule has 0 saturated heterocycles. The van der Waals surface area contributed by atoms with Crippen LogP contribution in [-0.2, 0) is 27.1 Å². The van der Waals surface area contributed by atoms with Gasteiger partial charge in [-0.1, -0.05) is 24.3 Å². The molecule has 140 valence electrons. The maximum Gasteiger partial charge on any atom is 0.244 e. The fraction of sp³-hybridized carbons (Fsp3) is 0.278. The van der Waals surface area contributed by atoms with Gasteiger partial charge in [0.15, 0.2) is 3.77 Å². The molecule has 6 nitrogen and oxygen atoms in total. The summed E-state index contributed by atoms with van der Waals surface area (Å²) in [5.41, 5.74) is 1.42. The number of carbonyl (C=O) groups excluding carboxylic acids is 1. The molecule has 2 N–H and O–H groups in total. The largest absolute Gasteiger partial charge is 0.451 e. The second kappa shape index (κ2) is 9.33. The summed E-state index contributed by atoms with van der Waals surface area (Å²) in [4.78, 5) is 12.0. The van der Waals surface area contributed by atoms with Crippen molar-refractivity contribution in [3.05, 3.63) is 63.1 Å². The van der Waals surface area contributed by atoms with Gasteiger partial charge in [0.1, 0.15) is 5.76 Å². The van der Waals surface area contributed by atoms with Crippen LogP contribution in [0.15, 0.2) is 46.9 Å². The zero-order chi connectivity index (χ0) is 19.2. The van der Waals surface area contributed by atoms with Crippen LogP contribution in [0, 0.1) is 3.77 Å². The second-order valence-corrected chi connectivity index (χ2v) is 8.81. The van der Waals surface area contributed by atoms with E-state index in [9.17, 15) is 13.2 Å². The summed E-state index contributed by atoms with van der Waals surface area (Å²) >= 11 is 2.05. The third kappa shape index (κ3) is 6.93. The van der Waals surface area contributed by atoms with E-state index >= 15 is 0 Å². The van der Waals surface area contributed by atoms with Crippen molar-refractivity contribution < 1.29 is 17.6 Å². The van der Waals surface area contributed by atoms with Gasteiger partial charge >= 0.3 is 0 Å². The highest BCUT2D eigenvalue weighted by Gasteiger charge is 2.15. The lowest BCUT2D eigenvalue weighted by molar-refractivity contribution is -0.116. The molecule has 0 spiro atoms. The minimum Gasteiger partial charge on any atom is -0.451 e. The fourth-order valence-electron chi connectivity index (χ4n) is 2.29. The lowest BCUT2D eigenvalue weighted by atomic mass is 10.1.